The van der Waals surface area contributed by atoms with Crippen molar-refractivity contribution < 1.29 is 0 Å². The molecule has 0 aliphatic carbocycles. The van der Waals surface area contributed by atoms with E-state index in [-0.39, 0.29) is 5.82 Å². The lowest BCUT2D eigenvalue weighted by molar-refractivity contribution is 1.05. The monoisotopic (exact) mass is 350 g/mol. The summed E-state index contributed by atoms with van der Waals surface area (Å²) in [5.41, 5.74) is 7.50. The van der Waals surface area contributed by atoms with Crippen molar-refractivity contribution in [3.8, 4) is 5.69 Å². The molecule has 1 aromatic heterocycles. The maximum absolute atomic E-state index is 4.73. The predicted octanol–water partition coefficient (Wildman–Crippen LogP) is 4.34. The van der Waals surface area contributed by atoms with E-state index in [0.717, 1.165) is 13.0 Å². The van der Waals surface area contributed by atoms with Gasteiger partial charge in [0.25, 0.3) is 0 Å². The highest BCUT2D eigenvalue weighted by atomic mass is 15.1. The summed E-state index contributed by atoms with van der Waals surface area (Å²) in [6, 6.07) is 27.9. The van der Waals surface area contributed by atoms with E-state index in [0.29, 0.717) is 0 Å². The average molecular weight is 350 g/mol. The molecule has 0 atom stereocenters. The largest absolute Gasteiger partial charge is 0.312 e. The van der Waals surface area contributed by atoms with Crippen LogP contribution in [0, 0.1) is 13.8 Å². The third-order valence-electron chi connectivity index (χ3n) is 5.19. The first-order chi connectivity index (χ1) is 13.2. The molecule has 1 heterocycles. The lowest BCUT2D eigenvalue weighted by Gasteiger charge is -2.19. The van der Waals surface area contributed by atoms with Crippen LogP contribution >= 0.6 is 0 Å². The van der Waals surface area contributed by atoms with Gasteiger partial charge in [-0.25, -0.2) is 0 Å². The Morgan fingerprint density at radius 2 is 1.30 bits per heavy atom. The minimum Gasteiger partial charge on any atom is -0.312 e. The number of hydrogen-bond donors (Lipinski definition) is 0. The fraction of sp³-hybridized carbons (Fsp3) is 0.125. The molecule has 0 amide bonds. The van der Waals surface area contributed by atoms with Crippen LogP contribution in [0.1, 0.15) is 28.1 Å². The standard InChI is InChI=1S/C24H23BN2/c1-18-10-9-11-19(2)23(18)27-17-16-26-24(27)25-22(20-12-5-3-6-13-20)21-14-7-4-8-15-21/h3-17,22,25H,1-2H3. The molecular weight excluding hydrogens is 327 g/mol. The van der Waals surface area contributed by atoms with Crippen LogP contribution in [0.3, 0.4) is 0 Å². The van der Waals surface area contributed by atoms with Crippen molar-refractivity contribution in [2.45, 2.75) is 19.7 Å². The van der Waals surface area contributed by atoms with Gasteiger partial charge in [0.1, 0.15) is 0 Å². The Morgan fingerprint density at radius 1 is 0.741 bits per heavy atom. The van der Waals surface area contributed by atoms with Crippen LogP contribution in [-0.2, 0) is 0 Å². The first-order valence-electron chi connectivity index (χ1n) is 9.43. The SMILES string of the molecule is Cc1cccc(C)c1-n1ccnc1BC(c1ccccc1)c1ccccc1. The van der Waals surface area contributed by atoms with Crippen LogP contribution in [0.25, 0.3) is 5.69 Å². The molecule has 0 saturated heterocycles. The zero-order chi connectivity index (χ0) is 18.6. The number of aryl methyl sites for hydroxylation is 2. The number of nitrogens with zero attached hydrogens (tertiary/aromatic N) is 2. The molecule has 4 aromatic rings. The number of rotatable bonds is 5. The van der Waals surface area contributed by atoms with Crippen molar-refractivity contribution in [3.63, 3.8) is 0 Å². The Labute approximate surface area is 161 Å². The molecule has 3 aromatic carbocycles. The Kier molecular flexibility index (Phi) is 4.93. The van der Waals surface area contributed by atoms with Crippen molar-refractivity contribution in [2.24, 2.45) is 0 Å². The topological polar surface area (TPSA) is 17.8 Å². The van der Waals surface area contributed by atoms with E-state index in [9.17, 15) is 0 Å². The highest BCUT2D eigenvalue weighted by Crippen LogP contribution is 2.24. The third-order valence-corrected chi connectivity index (χ3v) is 5.19. The van der Waals surface area contributed by atoms with Crippen LogP contribution in [0.15, 0.2) is 91.3 Å². The molecule has 3 heteroatoms. The average Bonchev–Trinajstić information content (AvgIpc) is 3.15. The summed E-state index contributed by atoms with van der Waals surface area (Å²) in [6.45, 7) is 4.33. The van der Waals surface area contributed by atoms with E-state index in [4.69, 9.17) is 4.98 Å². The normalized spacial score (nSPS) is 10.9. The molecule has 27 heavy (non-hydrogen) atoms. The van der Waals surface area contributed by atoms with Crippen LogP contribution in [0.5, 0.6) is 0 Å². The van der Waals surface area contributed by atoms with Gasteiger partial charge in [-0.1, -0.05) is 78.9 Å². The number of benzene rings is 3. The fourth-order valence-corrected chi connectivity index (χ4v) is 3.86. The maximum atomic E-state index is 4.73. The smallest absolute Gasteiger partial charge is 0.217 e. The van der Waals surface area contributed by atoms with Gasteiger partial charge in [-0.15, -0.1) is 0 Å². The molecule has 2 nitrogen and oxygen atoms in total. The number of para-hydroxylation sites is 1. The molecule has 4 rings (SSSR count). The van der Waals surface area contributed by atoms with E-state index in [1.807, 2.05) is 6.20 Å². The fourth-order valence-electron chi connectivity index (χ4n) is 3.86. The zero-order valence-corrected chi connectivity index (χ0v) is 15.8. The van der Waals surface area contributed by atoms with Crippen molar-refractivity contribution in [1.29, 1.82) is 0 Å². The van der Waals surface area contributed by atoms with Gasteiger partial charge in [0.2, 0.25) is 7.28 Å². The minimum atomic E-state index is 0.276. The quantitative estimate of drug-likeness (QED) is 0.490. The van der Waals surface area contributed by atoms with Crippen LogP contribution < -0.4 is 5.72 Å². The molecule has 0 bridgehead atoms. The van der Waals surface area contributed by atoms with E-state index in [1.165, 1.54) is 27.9 Å². The number of hydrogen-bond acceptors (Lipinski definition) is 1. The van der Waals surface area contributed by atoms with Gasteiger partial charge in [0.15, 0.2) is 0 Å². The lowest BCUT2D eigenvalue weighted by Crippen LogP contribution is -2.31. The first kappa shape index (κ1) is 17.4. The van der Waals surface area contributed by atoms with Crippen molar-refractivity contribution in [3.05, 3.63) is 114 Å². The van der Waals surface area contributed by atoms with Crippen molar-refractivity contribution in [1.82, 2.24) is 9.55 Å². The summed E-state index contributed by atoms with van der Waals surface area (Å²) in [5, 5.41) is 0. The van der Waals surface area contributed by atoms with Gasteiger partial charge in [-0.2, -0.15) is 0 Å². The predicted molar refractivity (Wildman–Crippen MR) is 115 cm³/mol. The second-order valence-corrected chi connectivity index (χ2v) is 7.03. The molecule has 0 N–H and O–H groups in total. The molecule has 0 aliphatic rings. The molecule has 0 spiro atoms. The molecular formula is C24H23BN2. The summed E-state index contributed by atoms with van der Waals surface area (Å²) in [4.78, 5) is 4.73. The maximum Gasteiger partial charge on any atom is 0.217 e. The zero-order valence-electron chi connectivity index (χ0n) is 15.8. The second-order valence-electron chi connectivity index (χ2n) is 7.03. The minimum absolute atomic E-state index is 0.276. The van der Waals surface area contributed by atoms with Crippen LogP contribution in [0.4, 0.5) is 0 Å². The Morgan fingerprint density at radius 3 is 1.85 bits per heavy atom. The summed E-state index contributed by atoms with van der Waals surface area (Å²) in [6.07, 6.45) is 3.99. The van der Waals surface area contributed by atoms with Crippen molar-refractivity contribution in [2.75, 3.05) is 0 Å². The van der Waals surface area contributed by atoms with Gasteiger partial charge in [0, 0.05) is 12.4 Å². The number of aromatic nitrogens is 2. The van der Waals surface area contributed by atoms with E-state index in [1.54, 1.807) is 0 Å². The molecule has 0 radical (unpaired) electrons. The van der Waals surface area contributed by atoms with E-state index >= 15 is 0 Å². The van der Waals surface area contributed by atoms with Crippen LogP contribution in [0.2, 0.25) is 0 Å². The Bertz CT molecular complexity index is 963. The summed E-state index contributed by atoms with van der Waals surface area (Å²) in [7, 11) is 0.856. The first-order valence-corrected chi connectivity index (χ1v) is 9.43. The lowest BCUT2D eigenvalue weighted by atomic mass is 9.58. The molecule has 0 saturated carbocycles. The highest BCUT2D eigenvalue weighted by Gasteiger charge is 2.20. The third kappa shape index (κ3) is 3.59. The highest BCUT2D eigenvalue weighted by molar-refractivity contribution is 6.54. The summed E-state index contributed by atoms with van der Waals surface area (Å²) in [5.74, 6) is 0.276. The summed E-state index contributed by atoms with van der Waals surface area (Å²) < 4.78 is 2.25. The molecule has 0 aliphatic heterocycles. The molecule has 0 fully saturated rings. The summed E-state index contributed by atoms with van der Waals surface area (Å²) >= 11 is 0. The van der Waals surface area contributed by atoms with Gasteiger partial charge >= 0.3 is 0 Å². The molecule has 132 valence electrons. The number of imidazole rings is 1. The van der Waals surface area contributed by atoms with Gasteiger partial charge in [-0.3, -0.25) is 4.98 Å². The second kappa shape index (κ2) is 7.67. The van der Waals surface area contributed by atoms with Gasteiger partial charge < -0.3 is 4.57 Å². The molecule has 0 unspecified atom stereocenters. The van der Waals surface area contributed by atoms with Gasteiger partial charge in [0.05, 0.1) is 11.4 Å². The van der Waals surface area contributed by atoms with Crippen LogP contribution in [-0.4, -0.2) is 16.8 Å². The Balaban J connectivity index is 1.77. The Hall–Kier alpha value is -3.07. The van der Waals surface area contributed by atoms with E-state index in [2.05, 4.69) is 103 Å². The van der Waals surface area contributed by atoms with E-state index < -0.39 is 0 Å². The van der Waals surface area contributed by atoms with Crippen molar-refractivity contribution >= 4 is 13.0 Å². The van der Waals surface area contributed by atoms with Gasteiger partial charge in [-0.05, 0) is 41.9 Å².